The first-order chi connectivity index (χ1) is 10.6. The third-order valence-electron chi connectivity index (χ3n) is 3.67. The third-order valence-corrected chi connectivity index (χ3v) is 3.67. The molecule has 4 nitrogen and oxygen atoms in total. The second kappa shape index (κ2) is 5.64. The fourth-order valence-electron chi connectivity index (χ4n) is 2.53. The number of hydrogen-bond donors (Lipinski definition) is 0. The summed E-state index contributed by atoms with van der Waals surface area (Å²) in [4.78, 5) is 16.9. The summed E-state index contributed by atoms with van der Waals surface area (Å²) in [5.74, 6) is 1.30. The van der Waals surface area contributed by atoms with Gasteiger partial charge in [0.05, 0.1) is 11.0 Å². The molecule has 0 saturated carbocycles. The van der Waals surface area contributed by atoms with Crippen LogP contribution in [0.3, 0.4) is 0 Å². The fraction of sp³-hybridized carbons (Fsp3) is 0.222. The van der Waals surface area contributed by atoms with Crippen LogP contribution in [0.15, 0.2) is 42.5 Å². The SMILES string of the molecule is Cc1ccc(C)c(OCC(=O)n2c(C)nc3ccccc32)c1. The van der Waals surface area contributed by atoms with E-state index >= 15 is 0 Å². The van der Waals surface area contributed by atoms with Crippen molar-refractivity contribution in [2.24, 2.45) is 0 Å². The molecule has 0 aliphatic rings. The molecule has 0 aliphatic heterocycles. The molecule has 0 N–H and O–H groups in total. The quantitative estimate of drug-likeness (QED) is 0.740. The normalized spacial score (nSPS) is 10.9. The highest BCUT2D eigenvalue weighted by atomic mass is 16.5. The standard InChI is InChI=1S/C18H18N2O2/c1-12-8-9-13(2)17(10-12)22-11-18(21)20-14(3)19-15-6-4-5-7-16(15)20/h4-10H,11H2,1-3H3. The van der Waals surface area contributed by atoms with Gasteiger partial charge in [-0.2, -0.15) is 0 Å². The number of ether oxygens (including phenoxy) is 1. The van der Waals surface area contributed by atoms with Crippen molar-refractivity contribution < 1.29 is 9.53 Å². The van der Waals surface area contributed by atoms with Gasteiger partial charge in [-0.1, -0.05) is 24.3 Å². The van der Waals surface area contributed by atoms with Crippen molar-refractivity contribution in [2.45, 2.75) is 20.8 Å². The Kier molecular flexibility index (Phi) is 3.67. The maximum Gasteiger partial charge on any atom is 0.270 e. The van der Waals surface area contributed by atoms with Gasteiger partial charge in [-0.25, -0.2) is 4.98 Å². The van der Waals surface area contributed by atoms with E-state index in [4.69, 9.17) is 4.74 Å². The number of imidazole rings is 1. The molecule has 0 amide bonds. The first-order valence-corrected chi connectivity index (χ1v) is 7.23. The van der Waals surface area contributed by atoms with E-state index in [0.29, 0.717) is 5.82 Å². The van der Waals surface area contributed by atoms with Crippen molar-refractivity contribution in [3.63, 3.8) is 0 Å². The van der Waals surface area contributed by atoms with E-state index < -0.39 is 0 Å². The molecule has 2 aromatic carbocycles. The Morgan fingerprint density at radius 3 is 2.73 bits per heavy atom. The zero-order valence-electron chi connectivity index (χ0n) is 13.0. The molecule has 0 radical (unpaired) electrons. The number of aryl methyl sites for hydroxylation is 3. The maximum atomic E-state index is 12.5. The Bertz CT molecular complexity index is 849. The number of rotatable bonds is 3. The molecule has 0 bridgehead atoms. The van der Waals surface area contributed by atoms with Crippen LogP contribution in [0.5, 0.6) is 5.75 Å². The Morgan fingerprint density at radius 2 is 1.91 bits per heavy atom. The van der Waals surface area contributed by atoms with Gasteiger partial charge in [0.2, 0.25) is 0 Å². The Labute approximate surface area is 129 Å². The summed E-state index contributed by atoms with van der Waals surface area (Å²) >= 11 is 0. The second-order valence-corrected chi connectivity index (χ2v) is 5.43. The Morgan fingerprint density at radius 1 is 1.14 bits per heavy atom. The number of para-hydroxylation sites is 2. The molecule has 112 valence electrons. The van der Waals surface area contributed by atoms with Crippen molar-refractivity contribution in [3.8, 4) is 5.75 Å². The van der Waals surface area contributed by atoms with Gasteiger partial charge in [-0.15, -0.1) is 0 Å². The van der Waals surface area contributed by atoms with Crippen LogP contribution in [0, 0.1) is 20.8 Å². The minimum absolute atomic E-state index is 0.00844. The molecule has 1 aromatic heterocycles. The molecule has 0 fully saturated rings. The van der Waals surface area contributed by atoms with Crippen molar-refractivity contribution >= 4 is 16.9 Å². The van der Waals surface area contributed by atoms with Gasteiger partial charge in [0.1, 0.15) is 11.6 Å². The molecule has 0 unspecified atom stereocenters. The molecule has 0 aliphatic carbocycles. The number of aromatic nitrogens is 2. The summed E-state index contributed by atoms with van der Waals surface area (Å²) in [5.41, 5.74) is 3.76. The highest BCUT2D eigenvalue weighted by Crippen LogP contribution is 2.20. The molecule has 3 aromatic rings. The Hall–Kier alpha value is -2.62. The van der Waals surface area contributed by atoms with Gasteiger partial charge in [0, 0.05) is 0 Å². The lowest BCUT2D eigenvalue weighted by Crippen LogP contribution is -2.20. The Balaban J connectivity index is 1.85. The predicted octanol–water partition coefficient (Wildman–Crippen LogP) is 3.68. The van der Waals surface area contributed by atoms with Gasteiger partial charge in [-0.3, -0.25) is 9.36 Å². The van der Waals surface area contributed by atoms with Crippen molar-refractivity contribution in [2.75, 3.05) is 6.61 Å². The molecule has 3 rings (SSSR count). The van der Waals surface area contributed by atoms with E-state index in [0.717, 1.165) is 27.9 Å². The van der Waals surface area contributed by atoms with Crippen molar-refractivity contribution in [1.29, 1.82) is 0 Å². The topological polar surface area (TPSA) is 44.1 Å². The van der Waals surface area contributed by atoms with E-state index in [2.05, 4.69) is 4.98 Å². The van der Waals surface area contributed by atoms with Gasteiger partial charge in [-0.05, 0) is 50.1 Å². The summed E-state index contributed by atoms with van der Waals surface area (Å²) in [6.07, 6.45) is 0. The van der Waals surface area contributed by atoms with Gasteiger partial charge in [0.25, 0.3) is 5.91 Å². The van der Waals surface area contributed by atoms with Crippen LogP contribution in [0.1, 0.15) is 21.7 Å². The van der Waals surface area contributed by atoms with Crippen LogP contribution >= 0.6 is 0 Å². The lowest BCUT2D eigenvalue weighted by atomic mass is 10.1. The largest absolute Gasteiger partial charge is 0.483 e. The monoisotopic (exact) mass is 294 g/mol. The minimum Gasteiger partial charge on any atom is -0.483 e. The number of hydrogen-bond acceptors (Lipinski definition) is 3. The fourth-order valence-corrected chi connectivity index (χ4v) is 2.53. The molecule has 0 saturated heterocycles. The van der Waals surface area contributed by atoms with Crippen LogP contribution in [0.2, 0.25) is 0 Å². The summed E-state index contributed by atoms with van der Waals surface area (Å²) < 4.78 is 7.32. The first-order valence-electron chi connectivity index (χ1n) is 7.23. The van der Waals surface area contributed by atoms with Crippen molar-refractivity contribution in [3.05, 3.63) is 59.4 Å². The van der Waals surface area contributed by atoms with Crippen molar-refractivity contribution in [1.82, 2.24) is 9.55 Å². The summed E-state index contributed by atoms with van der Waals surface area (Å²) in [5, 5.41) is 0. The van der Waals surface area contributed by atoms with E-state index in [1.807, 2.05) is 63.2 Å². The van der Waals surface area contributed by atoms with E-state index in [1.165, 1.54) is 0 Å². The third kappa shape index (κ3) is 2.60. The molecule has 0 atom stereocenters. The highest BCUT2D eigenvalue weighted by molar-refractivity contribution is 5.91. The zero-order chi connectivity index (χ0) is 15.7. The lowest BCUT2D eigenvalue weighted by Gasteiger charge is -2.10. The van der Waals surface area contributed by atoms with E-state index in [-0.39, 0.29) is 12.5 Å². The number of carbonyl (C=O) groups excluding carboxylic acids is 1. The zero-order valence-corrected chi connectivity index (χ0v) is 13.0. The molecular weight excluding hydrogens is 276 g/mol. The average molecular weight is 294 g/mol. The van der Waals surface area contributed by atoms with Crippen LogP contribution in [0.25, 0.3) is 11.0 Å². The van der Waals surface area contributed by atoms with Crippen LogP contribution in [-0.4, -0.2) is 22.1 Å². The smallest absolute Gasteiger partial charge is 0.270 e. The molecule has 1 heterocycles. The summed E-state index contributed by atoms with van der Waals surface area (Å²) in [7, 11) is 0. The molecule has 4 heteroatoms. The van der Waals surface area contributed by atoms with Crippen LogP contribution in [0.4, 0.5) is 0 Å². The first kappa shape index (κ1) is 14.3. The van der Waals surface area contributed by atoms with Crippen LogP contribution in [-0.2, 0) is 0 Å². The number of carbonyl (C=O) groups is 1. The highest BCUT2D eigenvalue weighted by Gasteiger charge is 2.14. The second-order valence-electron chi connectivity index (χ2n) is 5.43. The summed E-state index contributed by atoms with van der Waals surface area (Å²) in [6, 6.07) is 13.6. The van der Waals surface area contributed by atoms with Gasteiger partial charge >= 0.3 is 0 Å². The summed E-state index contributed by atoms with van der Waals surface area (Å²) in [6.45, 7) is 5.79. The number of fused-ring (bicyclic) bond motifs is 1. The van der Waals surface area contributed by atoms with E-state index in [9.17, 15) is 4.79 Å². The maximum absolute atomic E-state index is 12.5. The molecule has 22 heavy (non-hydrogen) atoms. The van der Waals surface area contributed by atoms with E-state index in [1.54, 1.807) is 4.57 Å². The average Bonchev–Trinajstić information content (AvgIpc) is 2.83. The predicted molar refractivity (Wildman–Crippen MR) is 86.5 cm³/mol. The molecular formula is C18H18N2O2. The van der Waals surface area contributed by atoms with Gasteiger partial charge in [0.15, 0.2) is 6.61 Å². The van der Waals surface area contributed by atoms with Crippen LogP contribution < -0.4 is 4.74 Å². The minimum atomic E-state index is -0.118. The number of benzene rings is 2. The molecule has 0 spiro atoms. The van der Waals surface area contributed by atoms with Gasteiger partial charge < -0.3 is 4.74 Å². The lowest BCUT2D eigenvalue weighted by molar-refractivity contribution is 0.0839. The number of nitrogens with zero attached hydrogens (tertiary/aromatic N) is 2.